The summed E-state index contributed by atoms with van der Waals surface area (Å²) in [5, 5.41) is 2.78. The van der Waals surface area contributed by atoms with Gasteiger partial charge in [0.1, 0.15) is 5.82 Å². The summed E-state index contributed by atoms with van der Waals surface area (Å²) >= 11 is 0. The molecule has 26 heavy (non-hydrogen) atoms. The van der Waals surface area contributed by atoms with Gasteiger partial charge in [-0.3, -0.25) is 9.59 Å². The second-order valence-electron chi connectivity index (χ2n) is 6.46. The van der Waals surface area contributed by atoms with E-state index in [9.17, 15) is 14.0 Å². The van der Waals surface area contributed by atoms with Gasteiger partial charge in [-0.05, 0) is 48.9 Å². The first-order valence-electron chi connectivity index (χ1n) is 8.62. The molecule has 2 aromatic rings. The van der Waals surface area contributed by atoms with Gasteiger partial charge >= 0.3 is 0 Å². The van der Waals surface area contributed by atoms with Crippen molar-refractivity contribution in [1.29, 1.82) is 0 Å². The summed E-state index contributed by atoms with van der Waals surface area (Å²) in [7, 11) is 0. The highest BCUT2D eigenvalue weighted by Crippen LogP contribution is 2.20. The lowest BCUT2D eigenvalue weighted by molar-refractivity contribution is -0.129. The molecule has 1 aliphatic heterocycles. The monoisotopic (exact) mass is 355 g/mol. The molecule has 1 saturated heterocycles. The number of benzene rings is 2. The summed E-state index contributed by atoms with van der Waals surface area (Å²) in [6.45, 7) is 6.25. The molecule has 6 heteroatoms. The van der Waals surface area contributed by atoms with Crippen LogP contribution in [0.1, 0.15) is 22.8 Å². The second-order valence-corrected chi connectivity index (χ2v) is 6.46. The first kappa shape index (κ1) is 17.9. The molecule has 0 aliphatic carbocycles. The van der Waals surface area contributed by atoms with E-state index in [0.717, 1.165) is 18.8 Å². The van der Waals surface area contributed by atoms with Gasteiger partial charge in [-0.25, -0.2) is 4.39 Å². The molecule has 1 aliphatic rings. The zero-order valence-electron chi connectivity index (χ0n) is 15.0. The van der Waals surface area contributed by atoms with Crippen LogP contribution >= 0.6 is 0 Å². The zero-order chi connectivity index (χ0) is 18.7. The van der Waals surface area contributed by atoms with Crippen molar-refractivity contribution in [2.75, 3.05) is 36.4 Å². The lowest BCUT2D eigenvalue weighted by Crippen LogP contribution is -2.48. The van der Waals surface area contributed by atoms with Gasteiger partial charge in [0.05, 0.1) is 0 Å². The van der Waals surface area contributed by atoms with Crippen LogP contribution in [-0.4, -0.2) is 42.9 Å². The maximum atomic E-state index is 13.6. The molecule has 2 amide bonds. The van der Waals surface area contributed by atoms with E-state index in [-0.39, 0.29) is 17.4 Å². The summed E-state index contributed by atoms with van der Waals surface area (Å²) in [6, 6.07) is 12.0. The minimum absolute atomic E-state index is 0.107. The number of nitrogens with one attached hydrogen (secondary N) is 1. The van der Waals surface area contributed by atoms with Gasteiger partial charge < -0.3 is 15.1 Å². The van der Waals surface area contributed by atoms with E-state index in [1.165, 1.54) is 6.07 Å². The number of amides is 2. The van der Waals surface area contributed by atoms with E-state index in [1.54, 1.807) is 26.0 Å². The summed E-state index contributed by atoms with van der Waals surface area (Å²) < 4.78 is 13.6. The maximum absolute atomic E-state index is 13.6. The van der Waals surface area contributed by atoms with Crippen LogP contribution in [0.2, 0.25) is 0 Å². The standard InChI is InChI=1S/C20H22FN3O2/c1-14-3-4-16(13-19(14)21)20(26)22-17-5-7-18(8-6-17)24-11-9-23(10-12-24)15(2)25/h3-8,13H,9-12H2,1-2H3,(H,22,26). The molecule has 1 heterocycles. The van der Waals surface area contributed by atoms with E-state index in [0.29, 0.717) is 24.3 Å². The van der Waals surface area contributed by atoms with Gasteiger partial charge in [-0.2, -0.15) is 0 Å². The molecule has 3 rings (SSSR count). The van der Waals surface area contributed by atoms with Gasteiger partial charge in [-0.15, -0.1) is 0 Å². The molecule has 0 atom stereocenters. The first-order valence-corrected chi connectivity index (χ1v) is 8.62. The van der Waals surface area contributed by atoms with Crippen LogP contribution < -0.4 is 10.2 Å². The Labute approximate surface area is 152 Å². The lowest BCUT2D eigenvalue weighted by atomic mass is 10.1. The van der Waals surface area contributed by atoms with Gasteiger partial charge in [-0.1, -0.05) is 6.07 Å². The predicted octanol–water partition coefficient (Wildman–Crippen LogP) is 3.05. The molecule has 136 valence electrons. The largest absolute Gasteiger partial charge is 0.368 e. The average Bonchev–Trinajstić information content (AvgIpc) is 2.64. The van der Waals surface area contributed by atoms with Crippen LogP contribution in [-0.2, 0) is 4.79 Å². The number of rotatable bonds is 3. The molecule has 0 radical (unpaired) electrons. The Morgan fingerprint density at radius 1 is 1.00 bits per heavy atom. The number of halogens is 1. The van der Waals surface area contributed by atoms with Crippen molar-refractivity contribution < 1.29 is 14.0 Å². The highest BCUT2D eigenvalue weighted by atomic mass is 19.1. The summed E-state index contributed by atoms with van der Waals surface area (Å²) in [5.74, 6) is -0.625. The second kappa shape index (κ2) is 7.56. The Morgan fingerprint density at radius 3 is 2.23 bits per heavy atom. The molecule has 0 bridgehead atoms. The summed E-state index contributed by atoms with van der Waals surface area (Å²) in [4.78, 5) is 27.7. The number of aryl methyl sites for hydroxylation is 1. The average molecular weight is 355 g/mol. The molecule has 0 saturated carbocycles. The van der Waals surface area contributed by atoms with Crippen molar-refractivity contribution in [3.8, 4) is 0 Å². The summed E-state index contributed by atoms with van der Waals surface area (Å²) in [5.41, 5.74) is 2.50. The predicted molar refractivity (Wildman–Crippen MR) is 100.0 cm³/mol. The minimum atomic E-state index is -0.391. The Bertz CT molecular complexity index is 812. The quantitative estimate of drug-likeness (QED) is 0.921. The highest BCUT2D eigenvalue weighted by Gasteiger charge is 2.18. The number of carbonyl (C=O) groups is 2. The third-order valence-electron chi connectivity index (χ3n) is 4.65. The van der Waals surface area contributed by atoms with Crippen LogP contribution in [0.4, 0.5) is 15.8 Å². The Kier molecular flexibility index (Phi) is 5.21. The van der Waals surface area contributed by atoms with E-state index in [2.05, 4.69) is 10.2 Å². The molecular formula is C20H22FN3O2. The van der Waals surface area contributed by atoms with Crippen molar-refractivity contribution in [1.82, 2.24) is 4.90 Å². The minimum Gasteiger partial charge on any atom is -0.368 e. The van der Waals surface area contributed by atoms with Crippen molar-refractivity contribution in [3.63, 3.8) is 0 Å². The Hall–Kier alpha value is -2.89. The van der Waals surface area contributed by atoms with Gasteiger partial charge in [0.25, 0.3) is 5.91 Å². The number of hydrogen-bond acceptors (Lipinski definition) is 3. The van der Waals surface area contributed by atoms with Crippen LogP contribution in [0.25, 0.3) is 0 Å². The molecule has 2 aromatic carbocycles. The number of piperazine rings is 1. The smallest absolute Gasteiger partial charge is 0.255 e. The number of nitrogens with zero attached hydrogens (tertiary/aromatic N) is 2. The van der Waals surface area contributed by atoms with Gasteiger partial charge in [0.2, 0.25) is 5.91 Å². The molecule has 0 spiro atoms. The van der Waals surface area contributed by atoms with E-state index in [1.807, 2.05) is 29.2 Å². The first-order chi connectivity index (χ1) is 12.4. The van der Waals surface area contributed by atoms with E-state index >= 15 is 0 Å². The normalized spacial score (nSPS) is 14.3. The van der Waals surface area contributed by atoms with Crippen molar-refractivity contribution in [2.45, 2.75) is 13.8 Å². The Balaban J connectivity index is 1.62. The topological polar surface area (TPSA) is 52.7 Å². The maximum Gasteiger partial charge on any atom is 0.255 e. The van der Waals surface area contributed by atoms with Crippen molar-refractivity contribution >= 4 is 23.2 Å². The van der Waals surface area contributed by atoms with Crippen LogP contribution in [0, 0.1) is 12.7 Å². The number of carbonyl (C=O) groups excluding carboxylic acids is 2. The molecule has 0 unspecified atom stereocenters. The third-order valence-corrected chi connectivity index (χ3v) is 4.65. The molecule has 1 fully saturated rings. The van der Waals surface area contributed by atoms with E-state index in [4.69, 9.17) is 0 Å². The van der Waals surface area contributed by atoms with Crippen LogP contribution in [0.3, 0.4) is 0 Å². The summed E-state index contributed by atoms with van der Waals surface area (Å²) in [6.07, 6.45) is 0. The zero-order valence-corrected chi connectivity index (χ0v) is 15.0. The fourth-order valence-corrected chi connectivity index (χ4v) is 2.97. The molecule has 1 N–H and O–H groups in total. The van der Waals surface area contributed by atoms with Crippen molar-refractivity contribution in [2.24, 2.45) is 0 Å². The van der Waals surface area contributed by atoms with Crippen LogP contribution in [0.5, 0.6) is 0 Å². The highest BCUT2D eigenvalue weighted by molar-refractivity contribution is 6.04. The third kappa shape index (κ3) is 4.02. The van der Waals surface area contributed by atoms with Crippen LogP contribution in [0.15, 0.2) is 42.5 Å². The number of hydrogen-bond donors (Lipinski definition) is 1. The van der Waals surface area contributed by atoms with Gasteiger partial charge in [0, 0.05) is 50.0 Å². The van der Waals surface area contributed by atoms with E-state index < -0.39 is 5.82 Å². The molecule has 5 nitrogen and oxygen atoms in total. The van der Waals surface area contributed by atoms with Crippen molar-refractivity contribution in [3.05, 3.63) is 59.4 Å². The Morgan fingerprint density at radius 2 is 1.65 bits per heavy atom. The fraction of sp³-hybridized carbons (Fsp3) is 0.300. The lowest BCUT2D eigenvalue weighted by Gasteiger charge is -2.35. The number of anilines is 2. The molecular weight excluding hydrogens is 333 g/mol. The molecule has 0 aromatic heterocycles. The fourth-order valence-electron chi connectivity index (χ4n) is 2.97. The SMILES string of the molecule is CC(=O)N1CCN(c2ccc(NC(=O)c3ccc(C)c(F)c3)cc2)CC1. The van der Waals surface area contributed by atoms with Gasteiger partial charge in [0.15, 0.2) is 0 Å².